The second-order valence-corrected chi connectivity index (χ2v) is 8.79. The van der Waals surface area contributed by atoms with Crippen LogP contribution in [-0.2, 0) is 0 Å². The van der Waals surface area contributed by atoms with E-state index in [0.717, 1.165) is 33.1 Å². The molecule has 3 aromatic carbocycles. The zero-order valence-corrected chi connectivity index (χ0v) is 19.2. The first kappa shape index (κ1) is 21.7. The van der Waals surface area contributed by atoms with Crippen molar-refractivity contribution < 1.29 is 9.53 Å². The van der Waals surface area contributed by atoms with Crippen molar-refractivity contribution in [3.63, 3.8) is 0 Å². The van der Waals surface area contributed by atoms with Gasteiger partial charge in [0.25, 0.3) is 5.91 Å². The average molecular weight is 443 g/mol. The predicted molar refractivity (Wildman–Crippen MR) is 133 cm³/mol. The molecule has 0 spiro atoms. The monoisotopic (exact) mass is 442 g/mol. The van der Waals surface area contributed by atoms with E-state index < -0.39 is 0 Å². The number of amides is 1. The largest absolute Gasteiger partial charge is 0.497 e. The topological polar surface area (TPSA) is 50.4 Å². The molecular formula is C27H26N2O2S. The highest BCUT2D eigenvalue weighted by molar-refractivity contribution is 7.16. The smallest absolute Gasteiger partial charge is 0.256 e. The highest BCUT2D eigenvalue weighted by atomic mass is 32.1. The SMILES string of the molecule is COc1cccc([C@@H](Nc2ccccc2)c2c(NC(=O)c3ccccc3)sc(C)c2C)c1. The van der Waals surface area contributed by atoms with Crippen molar-refractivity contribution in [1.29, 1.82) is 0 Å². The maximum absolute atomic E-state index is 13.0. The van der Waals surface area contributed by atoms with Crippen LogP contribution in [0.2, 0.25) is 0 Å². The zero-order chi connectivity index (χ0) is 22.5. The number of rotatable bonds is 7. The van der Waals surface area contributed by atoms with E-state index >= 15 is 0 Å². The Balaban J connectivity index is 1.79. The van der Waals surface area contributed by atoms with Crippen LogP contribution in [0.3, 0.4) is 0 Å². The molecule has 0 saturated heterocycles. The van der Waals surface area contributed by atoms with Gasteiger partial charge in [0, 0.05) is 21.7 Å². The van der Waals surface area contributed by atoms with E-state index in [0.29, 0.717) is 5.56 Å². The van der Waals surface area contributed by atoms with Crippen molar-refractivity contribution in [3.8, 4) is 5.75 Å². The van der Waals surface area contributed by atoms with Crippen LogP contribution >= 0.6 is 11.3 Å². The summed E-state index contributed by atoms with van der Waals surface area (Å²) < 4.78 is 5.48. The van der Waals surface area contributed by atoms with Gasteiger partial charge in [-0.15, -0.1) is 11.3 Å². The lowest BCUT2D eigenvalue weighted by Crippen LogP contribution is -2.17. The van der Waals surface area contributed by atoms with Crippen molar-refractivity contribution in [2.24, 2.45) is 0 Å². The zero-order valence-electron chi connectivity index (χ0n) is 18.4. The van der Waals surface area contributed by atoms with Crippen LogP contribution in [0.1, 0.15) is 38.0 Å². The Hall–Kier alpha value is -3.57. The van der Waals surface area contributed by atoms with E-state index in [2.05, 4.69) is 30.5 Å². The molecule has 162 valence electrons. The fourth-order valence-electron chi connectivity index (χ4n) is 3.69. The van der Waals surface area contributed by atoms with Gasteiger partial charge in [0.1, 0.15) is 10.8 Å². The second kappa shape index (κ2) is 9.71. The summed E-state index contributed by atoms with van der Waals surface area (Å²) in [5.74, 6) is 0.680. The van der Waals surface area contributed by atoms with Gasteiger partial charge in [-0.3, -0.25) is 4.79 Å². The summed E-state index contributed by atoms with van der Waals surface area (Å²) >= 11 is 1.60. The Bertz CT molecular complexity index is 1200. The van der Waals surface area contributed by atoms with Crippen LogP contribution in [-0.4, -0.2) is 13.0 Å². The van der Waals surface area contributed by atoms with Crippen LogP contribution in [0, 0.1) is 13.8 Å². The summed E-state index contributed by atoms with van der Waals surface area (Å²) in [4.78, 5) is 14.1. The molecule has 4 aromatic rings. The molecule has 0 aliphatic heterocycles. The van der Waals surface area contributed by atoms with E-state index in [1.165, 1.54) is 4.88 Å². The summed E-state index contributed by atoms with van der Waals surface area (Å²) in [6, 6.07) is 27.3. The number of hydrogen-bond donors (Lipinski definition) is 2. The van der Waals surface area contributed by atoms with Crippen molar-refractivity contribution in [2.75, 3.05) is 17.7 Å². The maximum Gasteiger partial charge on any atom is 0.256 e. The second-order valence-electron chi connectivity index (χ2n) is 7.57. The van der Waals surface area contributed by atoms with Crippen LogP contribution in [0.15, 0.2) is 84.9 Å². The predicted octanol–water partition coefficient (Wildman–Crippen LogP) is 6.83. The molecule has 0 aliphatic rings. The van der Waals surface area contributed by atoms with Gasteiger partial charge in [-0.25, -0.2) is 0 Å². The standard InChI is InChI=1S/C27H26N2O2S/c1-18-19(2)32-27(29-26(30)20-11-6-4-7-12-20)24(18)25(28-22-14-8-5-9-15-22)21-13-10-16-23(17-21)31-3/h4-17,25,28H,1-3H3,(H,29,30)/t25-/m1/s1. The first-order chi connectivity index (χ1) is 15.6. The fraction of sp³-hybridized carbons (Fsp3) is 0.148. The molecule has 0 aliphatic carbocycles. The Morgan fingerprint density at radius 3 is 2.28 bits per heavy atom. The third-order valence-corrected chi connectivity index (χ3v) is 6.63. The maximum atomic E-state index is 13.0. The summed E-state index contributed by atoms with van der Waals surface area (Å²) in [5.41, 5.74) is 4.92. The number of para-hydroxylation sites is 1. The molecule has 1 aromatic heterocycles. The average Bonchev–Trinajstić information content (AvgIpc) is 3.11. The van der Waals surface area contributed by atoms with Crippen molar-refractivity contribution >= 4 is 27.9 Å². The number of carbonyl (C=O) groups excluding carboxylic acids is 1. The van der Waals surface area contributed by atoms with Gasteiger partial charge in [0.2, 0.25) is 0 Å². The summed E-state index contributed by atoms with van der Waals surface area (Å²) in [6.45, 7) is 4.20. The molecule has 5 heteroatoms. The lowest BCUT2D eigenvalue weighted by Gasteiger charge is -2.23. The highest BCUT2D eigenvalue weighted by Gasteiger charge is 2.25. The third kappa shape index (κ3) is 4.68. The molecule has 32 heavy (non-hydrogen) atoms. The van der Waals surface area contributed by atoms with Crippen LogP contribution in [0.4, 0.5) is 10.7 Å². The molecule has 4 rings (SSSR count). The number of benzene rings is 3. The minimum atomic E-state index is -0.163. The van der Waals surface area contributed by atoms with Crippen molar-refractivity contribution in [3.05, 3.63) is 112 Å². The minimum Gasteiger partial charge on any atom is -0.497 e. The first-order valence-electron chi connectivity index (χ1n) is 10.5. The lowest BCUT2D eigenvalue weighted by atomic mass is 9.95. The van der Waals surface area contributed by atoms with Gasteiger partial charge in [0.15, 0.2) is 0 Å². The van der Waals surface area contributed by atoms with Gasteiger partial charge < -0.3 is 15.4 Å². The molecule has 0 unspecified atom stereocenters. The molecule has 0 bridgehead atoms. The van der Waals surface area contributed by atoms with E-state index in [1.807, 2.05) is 78.9 Å². The minimum absolute atomic E-state index is 0.114. The molecule has 0 fully saturated rings. The highest BCUT2D eigenvalue weighted by Crippen LogP contribution is 2.41. The Labute approximate surface area is 192 Å². The number of thiophene rings is 1. The molecule has 0 radical (unpaired) electrons. The number of hydrogen-bond acceptors (Lipinski definition) is 4. The summed E-state index contributed by atoms with van der Waals surface area (Å²) in [6.07, 6.45) is 0. The fourth-order valence-corrected chi connectivity index (χ4v) is 4.79. The Morgan fingerprint density at radius 1 is 0.906 bits per heavy atom. The molecular weight excluding hydrogens is 416 g/mol. The Morgan fingerprint density at radius 2 is 1.59 bits per heavy atom. The van der Waals surface area contributed by atoms with Gasteiger partial charge in [-0.05, 0) is 61.4 Å². The van der Waals surface area contributed by atoms with Gasteiger partial charge in [0.05, 0.1) is 13.2 Å². The molecule has 0 saturated carbocycles. The number of anilines is 2. The normalized spacial score (nSPS) is 11.6. The number of ether oxygens (including phenoxy) is 1. The molecule has 4 nitrogen and oxygen atoms in total. The first-order valence-corrected chi connectivity index (χ1v) is 11.3. The van der Waals surface area contributed by atoms with Gasteiger partial charge in [-0.2, -0.15) is 0 Å². The van der Waals surface area contributed by atoms with Crippen molar-refractivity contribution in [2.45, 2.75) is 19.9 Å². The molecule has 1 amide bonds. The quantitative estimate of drug-likeness (QED) is 0.330. The van der Waals surface area contributed by atoms with E-state index in [-0.39, 0.29) is 11.9 Å². The van der Waals surface area contributed by atoms with E-state index in [9.17, 15) is 4.79 Å². The van der Waals surface area contributed by atoms with Crippen LogP contribution in [0.25, 0.3) is 0 Å². The number of methoxy groups -OCH3 is 1. The number of aryl methyl sites for hydroxylation is 1. The van der Waals surface area contributed by atoms with Gasteiger partial charge in [-0.1, -0.05) is 48.5 Å². The summed E-state index contributed by atoms with van der Waals surface area (Å²) in [5, 5.41) is 7.68. The third-order valence-electron chi connectivity index (χ3n) is 5.50. The number of carbonyl (C=O) groups is 1. The van der Waals surface area contributed by atoms with Crippen molar-refractivity contribution in [1.82, 2.24) is 0 Å². The van der Waals surface area contributed by atoms with Crippen LogP contribution in [0.5, 0.6) is 5.75 Å². The lowest BCUT2D eigenvalue weighted by molar-refractivity contribution is 0.102. The van der Waals surface area contributed by atoms with Crippen LogP contribution < -0.4 is 15.4 Å². The van der Waals surface area contributed by atoms with E-state index in [4.69, 9.17) is 4.74 Å². The molecule has 1 atom stereocenters. The Kier molecular flexibility index (Phi) is 6.57. The number of nitrogens with one attached hydrogen (secondary N) is 2. The molecule has 2 N–H and O–H groups in total. The van der Waals surface area contributed by atoms with E-state index in [1.54, 1.807) is 18.4 Å². The van der Waals surface area contributed by atoms with Gasteiger partial charge >= 0.3 is 0 Å². The molecule has 1 heterocycles. The summed E-state index contributed by atoms with van der Waals surface area (Å²) in [7, 11) is 1.67.